The molecule has 27 heavy (non-hydrogen) atoms. The molecule has 0 fully saturated rings. The second-order valence-corrected chi connectivity index (χ2v) is 7.44. The van der Waals surface area contributed by atoms with E-state index in [1.165, 1.54) is 17.4 Å². The van der Waals surface area contributed by atoms with Gasteiger partial charge in [0.1, 0.15) is 23.3 Å². The van der Waals surface area contributed by atoms with Gasteiger partial charge in [-0.3, -0.25) is 0 Å². The summed E-state index contributed by atoms with van der Waals surface area (Å²) in [6, 6.07) is 12.4. The number of nitrogen functional groups attached to an aromatic ring is 1. The Morgan fingerprint density at radius 2 is 1.93 bits per heavy atom. The number of anilines is 1. The summed E-state index contributed by atoms with van der Waals surface area (Å²) in [6.07, 6.45) is -0.0893. The van der Waals surface area contributed by atoms with Crippen LogP contribution in [0.5, 0.6) is 0 Å². The molecule has 0 saturated heterocycles. The van der Waals surface area contributed by atoms with Gasteiger partial charge in [0.2, 0.25) is 0 Å². The SMILES string of the molecule is CCC(O)c1nc2c(N)nc(-c3ccc(-c4ccccc4F)s3)cc2n1C. The molecule has 7 heteroatoms. The third-order valence-electron chi connectivity index (χ3n) is 4.61. The highest BCUT2D eigenvalue weighted by atomic mass is 32.1. The number of aryl methyl sites for hydroxylation is 1. The van der Waals surface area contributed by atoms with E-state index in [9.17, 15) is 9.50 Å². The molecule has 3 aromatic heterocycles. The molecule has 0 amide bonds. The number of hydrogen-bond donors (Lipinski definition) is 2. The monoisotopic (exact) mass is 382 g/mol. The Kier molecular flexibility index (Phi) is 4.41. The highest BCUT2D eigenvalue weighted by Gasteiger charge is 2.18. The van der Waals surface area contributed by atoms with Crippen LogP contribution in [0.1, 0.15) is 25.3 Å². The first kappa shape index (κ1) is 17.6. The lowest BCUT2D eigenvalue weighted by Gasteiger charge is -2.07. The Labute approximate surface area is 159 Å². The minimum absolute atomic E-state index is 0.251. The summed E-state index contributed by atoms with van der Waals surface area (Å²) in [7, 11) is 1.85. The maximum Gasteiger partial charge on any atom is 0.152 e. The third-order valence-corrected chi connectivity index (χ3v) is 5.75. The van der Waals surface area contributed by atoms with E-state index in [0.717, 1.165) is 15.3 Å². The molecule has 0 aliphatic heterocycles. The number of thiophene rings is 1. The molecule has 1 unspecified atom stereocenters. The van der Waals surface area contributed by atoms with E-state index in [4.69, 9.17) is 5.73 Å². The number of nitrogens with two attached hydrogens (primary N) is 1. The largest absolute Gasteiger partial charge is 0.385 e. The van der Waals surface area contributed by atoms with Crippen LogP contribution in [0.15, 0.2) is 42.5 Å². The zero-order valence-electron chi connectivity index (χ0n) is 15.0. The average molecular weight is 382 g/mol. The van der Waals surface area contributed by atoms with Crippen molar-refractivity contribution in [2.45, 2.75) is 19.4 Å². The molecule has 1 atom stereocenters. The van der Waals surface area contributed by atoms with Gasteiger partial charge in [-0.2, -0.15) is 0 Å². The third kappa shape index (κ3) is 2.98. The van der Waals surface area contributed by atoms with E-state index >= 15 is 0 Å². The molecule has 4 aromatic rings. The molecule has 0 saturated carbocycles. The topological polar surface area (TPSA) is 77.0 Å². The number of imidazole rings is 1. The lowest BCUT2D eigenvalue weighted by atomic mass is 10.2. The van der Waals surface area contributed by atoms with Gasteiger partial charge < -0.3 is 15.4 Å². The van der Waals surface area contributed by atoms with Crippen molar-refractivity contribution in [2.75, 3.05) is 5.73 Å². The van der Waals surface area contributed by atoms with Gasteiger partial charge in [-0.15, -0.1) is 11.3 Å². The first-order valence-corrected chi connectivity index (χ1v) is 9.47. The maximum atomic E-state index is 14.1. The summed E-state index contributed by atoms with van der Waals surface area (Å²) < 4.78 is 15.9. The number of aliphatic hydroxyl groups excluding tert-OH is 1. The summed E-state index contributed by atoms with van der Waals surface area (Å²) in [5.41, 5.74) is 8.79. The fourth-order valence-corrected chi connectivity index (χ4v) is 4.11. The van der Waals surface area contributed by atoms with Crippen molar-refractivity contribution in [1.29, 1.82) is 0 Å². The molecule has 4 rings (SSSR count). The summed E-state index contributed by atoms with van der Waals surface area (Å²) in [5, 5.41) is 10.2. The Hall–Kier alpha value is -2.77. The first-order valence-electron chi connectivity index (χ1n) is 8.65. The van der Waals surface area contributed by atoms with Crippen molar-refractivity contribution < 1.29 is 9.50 Å². The van der Waals surface area contributed by atoms with Gasteiger partial charge in [0, 0.05) is 17.5 Å². The first-order chi connectivity index (χ1) is 13.0. The lowest BCUT2D eigenvalue weighted by molar-refractivity contribution is 0.161. The van der Waals surface area contributed by atoms with E-state index in [0.29, 0.717) is 34.8 Å². The molecule has 0 spiro atoms. The number of aromatic nitrogens is 3. The van der Waals surface area contributed by atoms with Crippen molar-refractivity contribution >= 4 is 28.2 Å². The molecule has 3 N–H and O–H groups in total. The quantitative estimate of drug-likeness (QED) is 0.544. The number of halogens is 1. The van der Waals surface area contributed by atoms with Gasteiger partial charge in [0.05, 0.1) is 16.1 Å². The lowest BCUT2D eigenvalue weighted by Crippen LogP contribution is -2.04. The molecule has 0 aliphatic rings. The minimum atomic E-state index is -0.653. The van der Waals surface area contributed by atoms with Crippen LogP contribution in [0.4, 0.5) is 10.2 Å². The second kappa shape index (κ2) is 6.75. The smallest absolute Gasteiger partial charge is 0.152 e. The van der Waals surface area contributed by atoms with E-state index in [-0.39, 0.29) is 5.82 Å². The Balaban J connectivity index is 1.81. The number of fused-ring (bicyclic) bond motifs is 1. The number of nitrogens with zero attached hydrogens (tertiary/aromatic N) is 3. The van der Waals surface area contributed by atoms with Crippen LogP contribution in [0.25, 0.3) is 32.0 Å². The van der Waals surface area contributed by atoms with Gasteiger partial charge in [-0.1, -0.05) is 25.1 Å². The Morgan fingerprint density at radius 1 is 1.19 bits per heavy atom. The fraction of sp³-hybridized carbons (Fsp3) is 0.200. The molecule has 1 aromatic carbocycles. The van der Waals surface area contributed by atoms with Gasteiger partial charge in [0.15, 0.2) is 5.82 Å². The number of benzene rings is 1. The zero-order valence-corrected chi connectivity index (χ0v) is 15.8. The van der Waals surface area contributed by atoms with Crippen LogP contribution in [0.3, 0.4) is 0 Å². The van der Waals surface area contributed by atoms with Gasteiger partial charge in [-0.25, -0.2) is 14.4 Å². The van der Waals surface area contributed by atoms with Crippen molar-refractivity contribution in [1.82, 2.24) is 14.5 Å². The molecular weight excluding hydrogens is 363 g/mol. The normalized spacial score (nSPS) is 12.6. The van der Waals surface area contributed by atoms with Crippen molar-refractivity contribution in [3.63, 3.8) is 0 Å². The average Bonchev–Trinajstić information content (AvgIpc) is 3.27. The van der Waals surface area contributed by atoms with Crippen LogP contribution >= 0.6 is 11.3 Å². The van der Waals surface area contributed by atoms with Crippen LogP contribution in [0, 0.1) is 5.82 Å². The van der Waals surface area contributed by atoms with E-state index in [2.05, 4.69) is 9.97 Å². The fourth-order valence-electron chi connectivity index (χ4n) is 3.12. The van der Waals surface area contributed by atoms with Crippen molar-refractivity contribution in [2.24, 2.45) is 7.05 Å². The minimum Gasteiger partial charge on any atom is -0.385 e. The highest BCUT2D eigenvalue weighted by molar-refractivity contribution is 7.18. The molecule has 0 aliphatic carbocycles. The van der Waals surface area contributed by atoms with Crippen LogP contribution in [0.2, 0.25) is 0 Å². The number of aliphatic hydroxyl groups is 1. The predicted molar refractivity (Wildman–Crippen MR) is 107 cm³/mol. The number of hydrogen-bond acceptors (Lipinski definition) is 5. The Morgan fingerprint density at radius 3 is 2.67 bits per heavy atom. The van der Waals surface area contributed by atoms with Crippen LogP contribution in [-0.4, -0.2) is 19.6 Å². The van der Waals surface area contributed by atoms with Crippen molar-refractivity contribution in [3.8, 4) is 21.0 Å². The summed E-state index contributed by atoms with van der Waals surface area (Å²) >= 11 is 1.46. The predicted octanol–water partition coefficient (Wildman–Crippen LogP) is 4.53. The number of pyridine rings is 1. The number of rotatable bonds is 4. The highest BCUT2D eigenvalue weighted by Crippen LogP contribution is 2.36. The zero-order chi connectivity index (χ0) is 19.1. The maximum absolute atomic E-state index is 14.1. The van der Waals surface area contributed by atoms with Crippen LogP contribution in [-0.2, 0) is 7.05 Å². The molecule has 0 bridgehead atoms. The van der Waals surface area contributed by atoms with E-state index in [1.807, 2.05) is 42.8 Å². The molecule has 5 nitrogen and oxygen atoms in total. The molecular formula is C20H19FN4OS. The summed E-state index contributed by atoms with van der Waals surface area (Å²) in [6.45, 7) is 1.90. The van der Waals surface area contributed by atoms with Gasteiger partial charge in [-0.05, 0) is 30.7 Å². The Bertz CT molecular complexity index is 1130. The molecule has 138 valence electrons. The standard InChI is InChI=1S/C20H19FN4OS/c1-3-15(26)20-24-18-14(25(20)2)10-13(23-19(18)22)17-9-8-16(27-17)11-6-4-5-7-12(11)21/h4-10,15,26H,3H2,1-2H3,(H2,22,23). The summed E-state index contributed by atoms with van der Waals surface area (Å²) in [5.74, 6) is 0.628. The van der Waals surface area contributed by atoms with E-state index < -0.39 is 6.10 Å². The van der Waals surface area contributed by atoms with E-state index in [1.54, 1.807) is 12.1 Å². The second-order valence-electron chi connectivity index (χ2n) is 6.36. The molecule has 3 heterocycles. The van der Waals surface area contributed by atoms with Gasteiger partial charge >= 0.3 is 0 Å². The molecule has 0 radical (unpaired) electrons. The van der Waals surface area contributed by atoms with Gasteiger partial charge in [0.25, 0.3) is 0 Å². The van der Waals surface area contributed by atoms with Crippen molar-refractivity contribution in [3.05, 3.63) is 54.1 Å². The summed E-state index contributed by atoms with van der Waals surface area (Å²) in [4.78, 5) is 10.7. The van der Waals surface area contributed by atoms with Crippen LogP contribution < -0.4 is 5.73 Å².